The van der Waals surface area contributed by atoms with Gasteiger partial charge in [-0.15, -0.1) is 0 Å². The quantitative estimate of drug-likeness (QED) is 0.282. The van der Waals surface area contributed by atoms with Gasteiger partial charge in [0.05, 0.1) is 28.5 Å². The predicted octanol–water partition coefficient (Wildman–Crippen LogP) is 5.78. The molecule has 2 aromatic carbocycles. The summed E-state index contributed by atoms with van der Waals surface area (Å²) in [6.07, 6.45) is 8.47. The molecule has 2 bridgehead atoms. The molecule has 2 saturated carbocycles. The molecule has 1 aliphatic heterocycles. The van der Waals surface area contributed by atoms with Gasteiger partial charge < -0.3 is 15.2 Å². The third kappa shape index (κ3) is 3.61. The number of carbonyl (C=O) groups is 1. The number of aromatic amines is 1. The Morgan fingerprint density at radius 2 is 1.83 bits per heavy atom. The molecule has 3 atom stereocenters. The molecule has 42 heavy (non-hydrogen) atoms. The third-order valence-corrected chi connectivity index (χ3v) is 10.1. The summed E-state index contributed by atoms with van der Waals surface area (Å²) in [7, 11) is 0. The minimum Gasteiger partial charge on any atom is -0.339 e. The highest BCUT2D eigenvalue weighted by Gasteiger charge is 2.46. The van der Waals surface area contributed by atoms with E-state index in [1.54, 1.807) is 0 Å². The number of aromatic nitrogens is 5. The first-order valence-corrected chi connectivity index (χ1v) is 15.1. The monoisotopic (exact) mass is 555 g/mol. The normalized spacial score (nSPS) is 21.9. The van der Waals surface area contributed by atoms with Crippen LogP contribution in [0.15, 0.2) is 67.0 Å². The van der Waals surface area contributed by atoms with Gasteiger partial charge in [0.2, 0.25) is 0 Å². The highest BCUT2D eigenvalue weighted by Crippen LogP contribution is 2.39. The number of hydrogen-bond acceptors (Lipinski definition) is 4. The Bertz CT molecular complexity index is 2040. The highest BCUT2D eigenvalue weighted by molar-refractivity contribution is 5.96. The first-order valence-electron chi connectivity index (χ1n) is 15.1. The van der Waals surface area contributed by atoms with Gasteiger partial charge in [0, 0.05) is 53.2 Å². The molecule has 210 valence electrons. The molecule has 2 aliphatic carbocycles. The van der Waals surface area contributed by atoms with Gasteiger partial charge in [-0.1, -0.05) is 18.2 Å². The lowest BCUT2D eigenvalue weighted by Gasteiger charge is -2.27. The van der Waals surface area contributed by atoms with Crippen LogP contribution in [0, 0.1) is 18.8 Å². The van der Waals surface area contributed by atoms with Gasteiger partial charge in [-0.2, -0.15) is 10.2 Å². The molecule has 2 unspecified atom stereocenters. The topological polar surface area (TPSA) is 97.2 Å². The van der Waals surface area contributed by atoms with Gasteiger partial charge in [-0.25, -0.2) is 4.52 Å². The third-order valence-electron chi connectivity index (χ3n) is 10.1. The number of fused-ring (bicyclic) bond motifs is 5. The zero-order chi connectivity index (χ0) is 28.1. The van der Waals surface area contributed by atoms with Gasteiger partial charge in [-0.3, -0.25) is 9.89 Å². The Morgan fingerprint density at radius 3 is 2.64 bits per heavy atom. The minimum atomic E-state index is 0.0678. The van der Waals surface area contributed by atoms with Crippen molar-refractivity contribution in [2.45, 2.75) is 51.2 Å². The molecule has 3 fully saturated rings. The van der Waals surface area contributed by atoms with Crippen molar-refractivity contribution in [3.8, 4) is 22.5 Å². The molecular weight excluding hydrogens is 522 g/mol. The molecule has 8 heteroatoms. The van der Waals surface area contributed by atoms with Crippen LogP contribution < -0.4 is 5.73 Å². The summed E-state index contributed by atoms with van der Waals surface area (Å²) in [5.74, 6) is 1.20. The summed E-state index contributed by atoms with van der Waals surface area (Å²) in [6.45, 7) is 3.89. The van der Waals surface area contributed by atoms with Gasteiger partial charge in [-0.05, 0) is 92.0 Å². The van der Waals surface area contributed by atoms with Gasteiger partial charge in [0.1, 0.15) is 5.69 Å². The number of nitrogens with one attached hydrogen (secondary N) is 1. The average molecular weight is 556 g/mol. The Hall–Kier alpha value is -4.43. The molecule has 0 spiro atoms. The van der Waals surface area contributed by atoms with E-state index in [-0.39, 0.29) is 18.0 Å². The smallest absolute Gasteiger partial charge is 0.255 e. The van der Waals surface area contributed by atoms with Crippen molar-refractivity contribution in [3.05, 3.63) is 78.1 Å². The number of nitrogens with two attached hydrogens (primary N) is 1. The second-order valence-corrected chi connectivity index (χ2v) is 12.7. The number of aryl methyl sites for hydroxylation is 1. The summed E-state index contributed by atoms with van der Waals surface area (Å²) in [5.41, 5.74) is 16.0. The van der Waals surface area contributed by atoms with Crippen LogP contribution in [0.1, 0.15) is 41.6 Å². The molecule has 5 heterocycles. The van der Waals surface area contributed by atoms with Crippen molar-refractivity contribution in [3.63, 3.8) is 0 Å². The number of amides is 1. The van der Waals surface area contributed by atoms with E-state index in [0.717, 1.165) is 59.3 Å². The summed E-state index contributed by atoms with van der Waals surface area (Å²) in [6, 6.07) is 19.8. The summed E-state index contributed by atoms with van der Waals surface area (Å²) in [4.78, 5) is 15.5. The predicted molar refractivity (Wildman–Crippen MR) is 164 cm³/mol. The van der Waals surface area contributed by atoms with Gasteiger partial charge in [0.25, 0.3) is 5.91 Å². The second-order valence-electron chi connectivity index (χ2n) is 12.7. The maximum atomic E-state index is 13.5. The van der Waals surface area contributed by atoms with E-state index in [1.165, 1.54) is 34.9 Å². The van der Waals surface area contributed by atoms with Crippen LogP contribution in [0.2, 0.25) is 0 Å². The molecule has 8 nitrogen and oxygen atoms in total. The fourth-order valence-electron chi connectivity index (χ4n) is 7.50. The number of nitrogens with zero attached hydrogens (tertiary/aromatic N) is 5. The van der Waals surface area contributed by atoms with Gasteiger partial charge in [0.15, 0.2) is 0 Å². The van der Waals surface area contributed by atoms with Crippen molar-refractivity contribution >= 4 is 33.2 Å². The van der Waals surface area contributed by atoms with Crippen LogP contribution in [0.5, 0.6) is 0 Å². The Kier molecular flexibility index (Phi) is 5.06. The van der Waals surface area contributed by atoms with Crippen molar-refractivity contribution in [1.82, 2.24) is 29.3 Å². The van der Waals surface area contributed by atoms with E-state index in [1.807, 2.05) is 33.9 Å². The maximum Gasteiger partial charge on any atom is 0.255 e. The van der Waals surface area contributed by atoms with E-state index >= 15 is 0 Å². The van der Waals surface area contributed by atoms with Crippen LogP contribution in [-0.2, 0) is 6.54 Å². The van der Waals surface area contributed by atoms with Crippen LogP contribution in [-0.4, -0.2) is 53.8 Å². The van der Waals surface area contributed by atoms with E-state index in [0.29, 0.717) is 17.4 Å². The van der Waals surface area contributed by atoms with Crippen molar-refractivity contribution < 1.29 is 4.79 Å². The van der Waals surface area contributed by atoms with Crippen LogP contribution in [0.25, 0.3) is 49.8 Å². The molecule has 9 rings (SSSR count). The molecule has 1 amide bonds. The number of hydrogen-bond donors (Lipinski definition) is 2. The fourth-order valence-corrected chi connectivity index (χ4v) is 7.50. The van der Waals surface area contributed by atoms with Crippen molar-refractivity contribution in [2.75, 3.05) is 6.54 Å². The van der Waals surface area contributed by atoms with Crippen molar-refractivity contribution in [2.24, 2.45) is 17.6 Å². The Morgan fingerprint density at radius 1 is 0.976 bits per heavy atom. The first-order chi connectivity index (χ1) is 20.5. The lowest BCUT2D eigenvalue weighted by molar-refractivity contribution is 0.0700. The molecule has 1 saturated heterocycles. The van der Waals surface area contributed by atoms with Crippen LogP contribution in [0.4, 0.5) is 0 Å². The van der Waals surface area contributed by atoms with E-state index in [9.17, 15) is 4.79 Å². The summed E-state index contributed by atoms with van der Waals surface area (Å²) >= 11 is 0. The highest BCUT2D eigenvalue weighted by atomic mass is 16.2. The molecule has 6 aromatic rings. The summed E-state index contributed by atoms with van der Waals surface area (Å²) in [5, 5.41) is 14.7. The lowest BCUT2D eigenvalue weighted by Crippen LogP contribution is -2.41. The first kappa shape index (κ1) is 24.2. The van der Waals surface area contributed by atoms with E-state index < -0.39 is 0 Å². The fraction of sp³-hybridized carbons (Fsp3) is 0.324. The zero-order valence-electron chi connectivity index (χ0n) is 23.6. The maximum absolute atomic E-state index is 13.5. The molecule has 3 N–H and O–H groups in total. The van der Waals surface area contributed by atoms with Crippen LogP contribution in [0.3, 0.4) is 0 Å². The molecule has 3 aliphatic rings. The second kappa shape index (κ2) is 8.79. The molecular formula is C34H33N7O. The zero-order valence-corrected chi connectivity index (χ0v) is 23.6. The number of rotatable bonds is 5. The molecule has 4 aromatic heterocycles. The average Bonchev–Trinajstić information content (AvgIpc) is 3.30. The minimum absolute atomic E-state index is 0.0678. The standard InChI is InChI=1S/C34H33N7O/c1-19-28-10-8-25(34(42)40-17-24-7-11-29(40)32(24)35)18-41(28)38-33(19)31-14-23-5-4-22(13-30(23)39(31)16-20-2-3-20)21-6-9-27-26(12-21)15-36-37-27/h4-6,8-10,12-15,18,20,24,29,32H,2-3,7,11,16-17,35H2,1H3,(H,36,37)/t24?,29?,32-/m1/s1. The van der Waals surface area contributed by atoms with Gasteiger partial charge >= 0.3 is 0 Å². The number of pyridine rings is 1. The summed E-state index contributed by atoms with van der Waals surface area (Å²) < 4.78 is 4.37. The molecule has 0 radical (unpaired) electrons. The lowest BCUT2D eigenvalue weighted by atomic mass is 10.0. The number of benzene rings is 2. The number of H-pyrrole nitrogens is 1. The number of piperidine rings is 1. The largest absolute Gasteiger partial charge is 0.339 e. The van der Waals surface area contributed by atoms with Crippen molar-refractivity contribution in [1.29, 1.82) is 0 Å². The van der Waals surface area contributed by atoms with Crippen LogP contribution >= 0.6 is 0 Å². The number of carbonyl (C=O) groups excluding carboxylic acids is 1. The van der Waals surface area contributed by atoms with E-state index in [4.69, 9.17) is 10.8 Å². The Balaban J connectivity index is 1.13. The van der Waals surface area contributed by atoms with E-state index in [2.05, 4.69) is 64.2 Å². The number of likely N-dealkylation sites (tertiary alicyclic amines) is 1. The SMILES string of the molecule is Cc1c(-c2cc3ccc(-c4ccc5[nH]ncc5c4)cc3n2CC2CC2)nn2cc(C(=O)N3CC4CCC3[C@@H]4N)ccc12. The Labute approximate surface area is 243 Å².